The Morgan fingerprint density at radius 1 is 1.44 bits per heavy atom. The van der Waals surface area contributed by atoms with Gasteiger partial charge >= 0.3 is 0 Å². The lowest BCUT2D eigenvalue weighted by Gasteiger charge is -2.25. The lowest BCUT2D eigenvalue weighted by molar-refractivity contribution is -0.132. The molecule has 1 amide bonds. The molecule has 2 aliphatic rings. The highest BCUT2D eigenvalue weighted by molar-refractivity contribution is 5.85. The largest absolute Gasteiger partial charge is 0.492 e. The van der Waals surface area contributed by atoms with Gasteiger partial charge in [-0.05, 0) is 19.5 Å². The molecule has 1 aromatic heterocycles. The summed E-state index contributed by atoms with van der Waals surface area (Å²) >= 11 is 0. The van der Waals surface area contributed by atoms with Crippen molar-refractivity contribution in [3.05, 3.63) is 51.9 Å². The van der Waals surface area contributed by atoms with Crippen LogP contribution < -0.4 is 16.0 Å². The molecular weight excluding hydrogens is 346 g/mol. The Kier molecular flexibility index (Phi) is 4.57. The number of likely N-dealkylation sites (tertiary alicyclic amines) is 1. The second-order valence-corrected chi connectivity index (χ2v) is 7.17. The number of para-hydroxylation sites is 1. The van der Waals surface area contributed by atoms with Crippen molar-refractivity contribution >= 4 is 11.9 Å². The van der Waals surface area contributed by atoms with E-state index in [1.807, 2.05) is 36.2 Å². The van der Waals surface area contributed by atoms with Gasteiger partial charge in [0, 0.05) is 37.3 Å². The summed E-state index contributed by atoms with van der Waals surface area (Å²) in [4.78, 5) is 35.2. The molecule has 1 aromatic carbocycles. The van der Waals surface area contributed by atoms with Crippen molar-refractivity contribution in [3.63, 3.8) is 0 Å². The van der Waals surface area contributed by atoms with Gasteiger partial charge in [-0.3, -0.25) is 19.5 Å². The van der Waals surface area contributed by atoms with Crippen LogP contribution in [0.5, 0.6) is 5.75 Å². The number of anilines is 1. The van der Waals surface area contributed by atoms with Gasteiger partial charge in [-0.1, -0.05) is 18.2 Å². The zero-order chi connectivity index (χ0) is 19.0. The number of rotatable bonds is 4. The number of carbonyl (C=O) groups excluding carboxylic acids is 1. The molecule has 0 radical (unpaired) electrons. The molecule has 0 aliphatic carbocycles. The molecule has 27 heavy (non-hydrogen) atoms. The van der Waals surface area contributed by atoms with Crippen LogP contribution in [-0.4, -0.2) is 58.5 Å². The molecule has 8 heteroatoms. The van der Waals surface area contributed by atoms with Gasteiger partial charge < -0.3 is 15.4 Å². The standard InChI is InChI=1S/C19H23N5O3/c1-23(9-12-8-17(25)22-19(20)21-12)13-6-7-24(10-13)18(26)15-11-27-16-5-3-2-4-14(15)16/h2-5,8,13,15H,6-7,9-11H2,1H3,(H3,20,21,22,25)/t13-,15-/m0/s1. The normalized spacial score (nSPS) is 21.3. The fourth-order valence-electron chi connectivity index (χ4n) is 3.88. The van der Waals surface area contributed by atoms with Crippen LogP contribution in [0.2, 0.25) is 0 Å². The van der Waals surface area contributed by atoms with Crippen LogP contribution in [0.4, 0.5) is 5.95 Å². The Morgan fingerprint density at radius 2 is 2.26 bits per heavy atom. The molecule has 0 spiro atoms. The molecule has 8 nitrogen and oxygen atoms in total. The summed E-state index contributed by atoms with van der Waals surface area (Å²) < 4.78 is 5.66. The number of nitrogens with zero attached hydrogens (tertiary/aromatic N) is 3. The number of hydrogen-bond acceptors (Lipinski definition) is 6. The van der Waals surface area contributed by atoms with Crippen molar-refractivity contribution < 1.29 is 9.53 Å². The van der Waals surface area contributed by atoms with Crippen molar-refractivity contribution in [2.75, 3.05) is 32.5 Å². The Hall–Kier alpha value is -2.87. The van der Waals surface area contributed by atoms with Crippen molar-refractivity contribution in [2.45, 2.75) is 24.9 Å². The number of fused-ring (bicyclic) bond motifs is 1. The van der Waals surface area contributed by atoms with Gasteiger partial charge in [0.1, 0.15) is 18.3 Å². The maximum Gasteiger partial charge on any atom is 0.252 e. The van der Waals surface area contributed by atoms with E-state index in [4.69, 9.17) is 10.5 Å². The van der Waals surface area contributed by atoms with Crippen LogP contribution in [0.25, 0.3) is 0 Å². The summed E-state index contributed by atoms with van der Waals surface area (Å²) in [6.07, 6.45) is 0.885. The van der Waals surface area contributed by atoms with E-state index in [-0.39, 0.29) is 29.4 Å². The van der Waals surface area contributed by atoms with E-state index in [1.165, 1.54) is 6.07 Å². The van der Waals surface area contributed by atoms with Crippen LogP contribution in [0.1, 0.15) is 23.6 Å². The summed E-state index contributed by atoms with van der Waals surface area (Å²) in [7, 11) is 1.98. The van der Waals surface area contributed by atoms with Gasteiger partial charge in [0.25, 0.3) is 5.56 Å². The lowest BCUT2D eigenvalue weighted by atomic mass is 10.00. The Labute approximate surface area is 156 Å². The lowest BCUT2D eigenvalue weighted by Crippen LogP contribution is -2.38. The van der Waals surface area contributed by atoms with Crippen molar-refractivity contribution in [3.8, 4) is 5.75 Å². The van der Waals surface area contributed by atoms with Gasteiger partial charge in [-0.15, -0.1) is 0 Å². The average molecular weight is 369 g/mol. The van der Waals surface area contributed by atoms with Crippen molar-refractivity contribution in [1.29, 1.82) is 0 Å². The Morgan fingerprint density at radius 3 is 3.07 bits per heavy atom. The van der Waals surface area contributed by atoms with Crippen LogP contribution in [0.3, 0.4) is 0 Å². The van der Waals surface area contributed by atoms with Gasteiger partial charge in [-0.2, -0.15) is 0 Å². The molecule has 2 aliphatic heterocycles. The number of H-pyrrole nitrogens is 1. The second-order valence-electron chi connectivity index (χ2n) is 7.17. The smallest absolute Gasteiger partial charge is 0.252 e. The highest BCUT2D eigenvalue weighted by Gasteiger charge is 2.37. The zero-order valence-electron chi connectivity index (χ0n) is 15.2. The monoisotopic (exact) mass is 369 g/mol. The third-order valence-electron chi connectivity index (χ3n) is 5.32. The molecular formula is C19H23N5O3. The van der Waals surface area contributed by atoms with Crippen LogP contribution in [0.15, 0.2) is 35.1 Å². The highest BCUT2D eigenvalue weighted by atomic mass is 16.5. The first-order valence-electron chi connectivity index (χ1n) is 9.07. The van der Waals surface area contributed by atoms with E-state index in [0.717, 1.165) is 24.3 Å². The predicted octanol–water partition coefficient (Wildman–Crippen LogP) is 0.561. The van der Waals surface area contributed by atoms with E-state index >= 15 is 0 Å². The first-order chi connectivity index (χ1) is 13.0. The number of nitrogen functional groups attached to an aromatic ring is 1. The van der Waals surface area contributed by atoms with Gasteiger partial charge in [0.2, 0.25) is 11.9 Å². The average Bonchev–Trinajstić information content (AvgIpc) is 3.28. The zero-order valence-corrected chi connectivity index (χ0v) is 15.2. The molecule has 2 atom stereocenters. The number of benzene rings is 1. The number of ether oxygens (including phenoxy) is 1. The number of nitrogens with two attached hydrogens (primary N) is 1. The van der Waals surface area contributed by atoms with Crippen LogP contribution in [0, 0.1) is 0 Å². The maximum atomic E-state index is 13.0. The number of aromatic amines is 1. The number of likely N-dealkylation sites (N-methyl/N-ethyl adjacent to an activating group) is 1. The molecule has 1 saturated heterocycles. The molecule has 0 saturated carbocycles. The predicted molar refractivity (Wildman–Crippen MR) is 100 cm³/mol. The van der Waals surface area contributed by atoms with Gasteiger partial charge in [0.15, 0.2) is 0 Å². The first kappa shape index (κ1) is 17.5. The van der Waals surface area contributed by atoms with E-state index in [2.05, 4.69) is 14.9 Å². The number of amides is 1. The summed E-state index contributed by atoms with van der Waals surface area (Å²) in [5.41, 5.74) is 6.95. The van der Waals surface area contributed by atoms with E-state index in [0.29, 0.717) is 25.4 Å². The minimum Gasteiger partial charge on any atom is -0.492 e. The third-order valence-corrected chi connectivity index (χ3v) is 5.32. The summed E-state index contributed by atoms with van der Waals surface area (Å²) in [5, 5.41) is 0. The maximum absolute atomic E-state index is 13.0. The number of nitrogens with one attached hydrogen (secondary N) is 1. The minimum atomic E-state index is -0.256. The quantitative estimate of drug-likeness (QED) is 0.816. The Balaban J connectivity index is 1.40. The molecule has 0 unspecified atom stereocenters. The molecule has 2 aromatic rings. The van der Waals surface area contributed by atoms with E-state index in [9.17, 15) is 9.59 Å². The molecule has 142 valence electrons. The minimum absolute atomic E-state index is 0.119. The topological polar surface area (TPSA) is 105 Å². The molecule has 1 fully saturated rings. The summed E-state index contributed by atoms with van der Waals surface area (Å²) in [5.74, 6) is 0.824. The SMILES string of the molecule is CN(Cc1cc(=O)[nH]c(N)n1)[C@H]1CCN(C(=O)[C@H]2COc3ccccc32)C1. The third kappa shape index (κ3) is 3.52. The fourth-order valence-corrected chi connectivity index (χ4v) is 3.88. The molecule has 3 N–H and O–H groups in total. The molecule has 3 heterocycles. The van der Waals surface area contributed by atoms with Crippen molar-refractivity contribution in [2.24, 2.45) is 0 Å². The van der Waals surface area contributed by atoms with Crippen LogP contribution in [-0.2, 0) is 11.3 Å². The van der Waals surface area contributed by atoms with Crippen LogP contribution >= 0.6 is 0 Å². The molecule has 0 bridgehead atoms. The van der Waals surface area contributed by atoms with Gasteiger partial charge in [-0.25, -0.2) is 4.98 Å². The number of hydrogen-bond donors (Lipinski definition) is 2. The van der Waals surface area contributed by atoms with E-state index in [1.54, 1.807) is 0 Å². The fraction of sp³-hybridized carbons (Fsp3) is 0.421. The second kappa shape index (κ2) is 7.03. The highest BCUT2D eigenvalue weighted by Crippen LogP contribution is 2.35. The van der Waals surface area contributed by atoms with Crippen molar-refractivity contribution in [1.82, 2.24) is 19.8 Å². The number of carbonyl (C=O) groups is 1. The number of aromatic nitrogens is 2. The first-order valence-corrected chi connectivity index (χ1v) is 9.07. The summed E-state index contributed by atoms with van der Waals surface area (Å²) in [6.45, 7) is 2.30. The molecule has 4 rings (SSSR count). The van der Waals surface area contributed by atoms with E-state index < -0.39 is 0 Å². The summed E-state index contributed by atoms with van der Waals surface area (Å²) in [6, 6.07) is 9.40. The Bertz CT molecular complexity index is 912. The van der Waals surface area contributed by atoms with Gasteiger partial charge in [0.05, 0.1) is 5.69 Å².